The SMILES string of the molecule is Cl.Nc1ncc(C(Cc2ccccc2)c2cn[nH]n2)[nH]1. The van der Waals surface area contributed by atoms with E-state index in [0.717, 1.165) is 17.8 Å². The van der Waals surface area contributed by atoms with Crippen LogP contribution >= 0.6 is 12.4 Å². The van der Waals surface area contributed by atoms with Crippen LogP contribution < -0.4 is 5.73 Å². The molecule has 7 heteroatoms. The first kappa shape index (κ1) is 14.1. The van der Waals surface area contributed by atoms with Gasteiger partial charge in [-0.05, 0) is 12.0 Å². The summed E-state index contributed by atoms with van der Waals surface area (Å²) in [6.07, 6.45) is 4.29. The van der Waals surface area contributed by atoms with Crippen molar-refractivity contribution in [2.24, 2.45) is 0 Å². The minimum Gasteiger partial charge on any atom is -0.369 e. The molecule has 0 amide bonds. The molecule has 20 heavy (non-hydrogen) atoms. The van der Waals surface area contributed by atoms with Crippen LogP contribution in [0.5, 0.6) is 0 Å². The van der Waals surface area contributed by atoms with E-state index in [9.17, 15) is 0 Å². The van der Waals surface area contributed by atoms with Crippen molar-refractivity contribution in [2.75, 3.05) is 5.73 Å². The van der Waals surface area contributed by atoms with E-state index in [4.69, 9.17) is 5.73 Å². The Morgan fingerprint density at radius 1 is 1.15 bits per heavy atom. The molecule has 0 bridgehead atoms. The highest BCUT2D eigenvalue weighted by Crippen LogP contribution is 2.25. The third-order valence-corrected chi connectivity index (χ3v) is 3.06. The Hall–Kier alpha value is -2.34. The fourth-order valence-electron chi connectivity index (χ4n) is 2.13. The van der Waals surface area contributed by atoms with Crippen molar-refractivity contribution >= 4 is 18.4 Å². The number of imidazole rings is 1. The number of hydrogen-bond acceptors (Lipinski definition) is 4. The predicted octanol–water partition coefficient (Wildman–Crippen LogP) is 1.91. The fourth-order valence-corrected chi connectivity index (χ4v) is 2.13. The molecular formula is C13H15ClN6. The lowest BCUT2D eigenvalue weighted by molar-refractivity contribution is 0.744. The number of halogens is 1. The van der Waals surface area contributed by atoms with Gasteiger partial charge >= 0.3 is 0 Å². The monoisotopic (exact) mass is 290 g/mol. The molecule has 0 saturated carbocycles. The average Bonchev–Trinajstić information content (AvgIpc) is 3.09. The molecule has 0 fully saturated rings. The Labute approximate surface area is 122 Å². The number of anilines is 1. The van der Waals surface area contributed by atoms with E-state index in [0.29, 0.717) is 5.95 Å². The molecule has 0 aliphatic heterocycles. The van der Waals surface area contributed by atoms with Crippen molar-refractivity contribution in [1.29, 1.82) is 0 Å². The van der Waals surface area contributed by atoms with Crippen LogP contribution in [-0.4, -0.2) is 25.4 Å². The van der Waals surface area contributed by atoms with Crippen LogP contribution in [0, 0.1) is 0 Å². The van der Waals surface area contributed by atoms with E-state index in [1.165, 1.54) is 5.56 Å². The van der Waals surface area contributed by atoms with Gasteiger partial charge in [0.15, 0.2) is 5.95 Å². The van der Waals surface area contributed by atoms with Crippen LogP contribution in [0.1, 0.15) is 22.9 Å². The molecular weight excluding hydrogens is 276 g/mol. The first-order chi connectivity index (χ1) is 9.33. The number of rotatable bonds is 4. The third kappa shape index (κ3) is 2.97. The van der Waals surface area contributed by atoms with Crippen LogP contribution in [0.25, 0.3) is 0 Å². The van der Waals surface area contributed by atoms with Gasteiger partial charge < -0.3 is 10.7 Å². The molecule has 3 aromatic rings. The predicted molar refractivity (Wildman–Crippen MR) is 78.6 cm³/mol. The molecule has 2 heterocycles. The van der Waals surface area contributed by atoms with Crippen LogP contribution in [0.15, 0.2) is 42.7 Å². The number of benzene rings is 1. The maximum Gasteiger partial charge on any atom is 0.197 e. The van der Waals surface area contributed by atoms with Crippen LogP contribution in [0.3, 0.4) is 0 Å². The number of aromatic amines is 2. The minimum atomic E-state index is 0. The average molecular weight is 291 g/mol. The summed E-state index contributed by atoms with van der Waals surface area (Å²) in [5.41, 5.74) is 8.69. The molecule has 1 atom stereocenters. The van der Waals surface area contributed by atoms with Crippen LogP contribution in [-0.2, 0) is 6.42 Å². The summed E-state index contributed by atoms with van der Waals surface area (Å²) in [6, 6.07) is 10.2. The molecule has 6 nitrogen and oxygen atoms in total. The lowest BCUT2D eigenvalue weighted by Gasteiger charge is -2.12. The smallest absolute Gasteiger partial charge is 0.197 e. The highest BCUT2D eigenvalue weighted by atomic mass is 35.5. The van der Waals surface area contributed by atoms with Gasteiger partial charge in [0.25, 0.3) is 0 Å². The Kier molecular flexibility index (Phi) is 4.37. The molecule has 1 unspecified atom stereocenters. The number of nitrogens with one attached hydrogen (secondary N) is 2. The Morgan fingerprint density at radius 3 is 2.55 bits per heavy atom. The molecule has 3 rings (SSSR count). The molecule has 0 spiro atoms. The van der Waals surface area contributed by atoms with Gasteiger partial charge in [-0.1, -0.05) is 30.3 Å². The van der Waals surface area contributed by atoms with Gasteiger partial charge in [0.1, 0.15) is 0 Å². The third-order valence-electron chi connectivity index (χ3n) is 3.06. The van der Waals surface area contributed by atoms with Crippen molar-refractivity contribution in [3.8, 4) is 0 Å². The van der Waals surface area contributed by atoms with Crippen LogP contribution in [0.2, 0.25) is 0 Å². The van der Waals surface area contributed by atoms with Crippen molar-refractivity contribution < 1.29 is 0 Å². The quantitative estimate of drug-likeness (QED) is 0.684. The molecule has 0 radical (unpaired) electrons. The van der Waals surface area contributed by atoms with Gasteiger partial charge in [-0.2, -0.15) is 15.4 Å². The highest BCUT2D eigenvalue weighted by Gasteiger charge is 2.19. The summed E-state index contributed by atoms with van der Waals surface area (Å²) in [5.74, 6) is 0.475. The van der Waals surface area contributed by atoms with Gasteiger partial charge in [-0.15, -0.1) is 12.4 Å². The topological polar surface area (TPSA) is 96.3 Å². The maximum atomic E-state index is 5.65. The second-order valence-corrected chi connectivity index (χ2v) is 4.36. The van der Waals surface area contributed by atoms with E-state index in [1.54, 1.807) is 12.4 Å². The fraction of sp³-hybridized carbons (Fsp3) is 0.154. The second-order valence-electron chi connectivity index (χ2n) is 4.36. The number of nitrogens with two attached hydrogens (primary N) is 1. The number of aromatic nitrogens is 5. The van der Waals surface area contributed by atoms with E-state index in [2.05, 4.69) is 37.5 Å². The summed E-state index contributed by atoms with van der Waals surface area (Å²) in [7, 11) is 0. The number of hydrogen-bond donors (Lipinski definition) is 3. The summed E-state index contributed by atoms with van der Waals surface area (Å²) < 4.78 is 0. The Morgan fingerprint density at radius 2 is 1.95 bits per heavy atom. The number of nitrogen functional groups attached to an aromatic ring is 1. The standard InChI is InChI=1S/C13H14N6.ClH/c14-13-15-7-11(17-13)10(12-8-16-19-18-12)6-9-4-2-1-3-5-9;/h1-5,7-8,10H,6H2,(H3,14,15,17)(H,16,18,19);1H. The molecule has 104 valence electrons. The van der Waals surface area contributed by atoms with Gasteiger partial charge in [-0.3, -0.25) is 0 Å². The van der Waals surface area contributed by atoms with Crippen molar-refractivity contribution in [3.05, 3.63) is 59.7 Å². The first-order valence-corrected chi connectivity index (χ1v) is 6.03. The van der Waals surface area contributed by atoms with Crippen molar-refractivity contribution in [1.82, 2.24) is 25.4 Å². The van der Waals surface area contributed by atoms with E-state index in [1.807, 2.05) is 18.2 Å². The largest absolute Gasteiger partial charge is 0.369 e. The molecule has 0 saturated heterocycles. The normalized spacial score (nSPS) is 11.8. The zero-order valence-corrected chi connectivity index (χ0v) is 11.5. The van der Waals surface area contributed by atoms with Gasteiger partial charge in [-0.25, -0.2) is 4.98 Å². The van der Waals surface area contributed by atoms with Gasteiger partial charge in [0, 0.05) is 5.69 Å². The number of H-pyrrole nitrogens is 2. The molecule has 0 aliphatic carbocycles. The Bertz CT molecular complexity index is 634. The first-order valence-electron chi connectivity index (χ1n) is 6.03. The van der Waals surface area contributed by atoms with Gasteiger partial charge in [0.2, 0.25) is 0 Å². The van der Waals surface area contributed by atoms with Crippen molar-refractivity contribution in [2.45, 2.75) is 12.3 Å². The zero-order chi connectivity index (χ0) is 13.1. The molecule has 1 aromatic carbocycles. The van der Waals surface area contributed by atoms with E-state index in [-0.39, 0.29) is 18.3 Å². The van der Waals surface area contributed by atoms with Gasteiger partial charge in [0.05, 0.1) is 24.0 Å². The molecule has 2 aromatic heterocycles. The lowest BCUT2D eigenvalue weighted by atomic mass is 9.94. The van der Waals surface area contributed by atoms with E-state index >= 15 is 0 Å². The highest BCUT2D eigenvalue weighted by molar-refractivity contribution is 5.85. The second kappa shape index (κ2) is 6.21. The summed E-state index contributed by atoms with van der Waals surface area (Å²) in [5, 5.41) is 10.7. The summed E-state index contributed by atoms with van der Waals surface area (Å²) in [4.78, 5) is 7.12. The minimum absolute atomic E-state index is 0. The van der Waals surface area contributed by atoms with Crippen LogP contribution in [0.4, 0.5) is 5.95 Å². The summed E-state index contributed by atoms with van der Waals surface area (Å²) >= 11 is 0. The lowest BCUT2D eigenvalue weighted by Crippen LogP contribution is -2.06. The zero-order valence-electron chi connectivity index (χ0n) is 10.7. The number of nitrogens with zero attached hydrogens (tertiary/aromatic N) is 3. The van der Waals surface area contributed by atoms with Crippen molar-refractivity contribution in [3.63, 3.8) is 0 Å². The summed E-state index contributed by atoms with van der Waals surface area (Å²) in [6.45, 7) is 0. The van der Waals surface area contributed by atoms with E-state index < -0.39 is 0 Å². The molecule has 4 N–H and O–H groups in total. The molecule has 0 aliphatic rings. The Balaban J connectivity index is 0.00000147. The maximum absolute atomic E-state index is 5.65.